The summed E-state index contributed by atoms with van der Waals surface area (Å²) in [6.07, 6.45) is 5.45. The van der Waals surface area contributed by atoms with E-state index in [0.717, 1.165) is 0 Å². The van der Waals surface area contributed by atoms with Crippen LogP contribution in [0.5, 0.6) is 5.88 Å². The third kappa shape index (κ3) is 3.31. The molecule has 0 saturated carbocycles. The Kier molecular flexibility index (Phi) is 4.87. The molecule has 0 aliphatic heterocycles. The van der Waals surface area contributed by atoms with Crippen molar-refractivity contribution in [1.82, 2.24) is 9.97 Å². The highest BCUT2D eigenvalue weighted by Crippen LogP contribution is 2.28. The number of ether oxygens (including phenoxy) is 1. The number of rotatable bonds is 6. The first-order chi connectivity index (χ1) is 8.60. The van der Waals surface area contributed by atoms with Gasteiger partial charge in [-0.3, -0.25) is 10.1 Å². The molecule has 0 fully saturated rings. The van der Waals surface area contributed by atoms with E-state index in [2.05, 4.69) is 21.2 Å². The summed E-state index contributed by atoms with van der Waals surface area (Å²) < 4.78 is 5.23. The topological polar surface area (TPSA) is 90.2 Å². The molecule has 96 valence electrons. The Labute approximate surface area is 105 Å². The molecule has 7 nitrogen and oxygen atoms in total. The first kappa shape index (κ1) is 13.7. The van der Waals surface area contributed by atoms with Gasteiger partial charge >= 0.3 is 5.69 Å². The monoisotopic (exact) mass is 250 g/mol. The summed E-state index contributed by atoms with van der Waals surface area (Å²) in [4.78, 5) is 18.3. The van der Waals surface area contributed by atoms with Crippen molar-refractivity contribution in [2.45, 2.75) is 20.3 Å². The number of nitrogens with zero attached hydrogens (tertiary/aromatic N) is 3. The molecule has 0 amide bonds. The first-order valence-corrected chi connectivity index (χ1v) is 5.43. The van der Waals surface area contributed by atoms with Crippen LogP contribution in [0.4, 0.5) is 11.6 Å². The molecular formula is C11H14N4O3. The molecule has 1 aromatic heterocycles. The van der Waals surface area contributed by atoms with Gasteiger partial charge in [0.15, 0.2) is 0 Å². The summed E-state index contributed by atoms with van der Waals surface area (Å²) in [5.41, 5.74) is 0.0235. The van der Waals surface area contributed by atoms with Gasteiger partial charge < -0.3 is 10.1 Å². The van der Waals surface area contributed by atoms with Crippen LogP contribution >= 0.6 is 0 Å². The van der Waals surface area contributed by atoms with Gasteiger partial charge in [0.25, 0.3) is 5.88 Å². The summed E-state index contributed by atoms with van der Waals surface area (Å²) in [5.74, 6) is 2.63. The Morgan fingerprint density at radius 2 is 2.28 bits per heavy atom. The minimum absolute atomic E-state index is 0.0568. The predicted molar refractivity (Wildman–Crippen MR) is 66.5 cm³/mol. The molecule has 1 rings (SSSR count). The van der Waals surface area contributed by atoms with Gasteiger partial charge in [0.05, 0.1) is 4.92 Å². The van der Waals surface area contributed by atoms with E-state index in [9.17, 15) is 10.1 Å². The van der Waals surface area contributed by atoms with Crippen LogP contribution in [0.3, 0.4) is 0 Å². The molecule has 1 aromatic rings. The van der Waals surface area contributed by atoms with Gasteiger partial charge in [-0.15, -0.1) is 12.3 Å². The molecule has 0 aliphatic carbocycles. The Hall–Kier alpha value is -2.36. The quantitative estimate of drug-likeness (QED) is 0.356. The molecule has 1 heterocycles. The van der Waals surface area contributed by atoms with Crippen LogP contribution in [-0.4, -0.2) is 28.0 Å². The zero-order chi connectivity index (χ0) is 13.5. The maximum atomic E-state index is 10.9. The van der Waals surface area contributed by atoms with E-state index in [1.165, 1.54) is 6.92 Å². The van der Waals surface area contributed by atoms with Crippen molar-refractivity contribution in [3.63, 3.8) is 0 Å². The number of aromatic nitrogens is 2. The number of hydrogen-bond acceptors (Lipinski definition) is 6. The Bertz CT molecular complexity index is 482. The van der Waals surface area contributed by atoms with Crippen LogP contribution < -0.4 is 10.1 Å². The molecule has 0 atom stereocenters. The van der Waals surface area contributed by atoms with Crippen LogP contribution in [0.15, 0.2) is 0 Å². The normalized spacial score (nSPS) is 9.61. The van der Waals surface area contributed by atoms with Crippen LogP contribution in [0.2, 0.25) is 0 Å². The number of hydrogen-bond donors (Lipinski definition) is 1. The highest BCUT2D eigenvalue weighted by atomic mass is 16.6. The molecular weight excluding hydrogens is 236 g/mol. The van der Waals surface area contributed by atoms with Gasteiger partial charge in [-0.05, 0) is 13.8 Å². The second-order valence-corrected chi connectivity index (χ2v) is 3.38. The average Bonchev–Trinajstić information content (AvgIpc) is 2.28. The fourth-order valence-corrected chi connectivity index (χ4v) is 1.30. The largest absolute Gasteiger partial charge is 0.472 e. The van der Waals surface area contributed by atoms with E-state index in [1.807, 2.05) is 6.92 Å². The van der Waals surface area contributed by atoms with Crippen molar-refractivity contribution >= 4 is 11.6 Å². The lowest BCUT2D eigenvalue weighted by atomic mass is 10.3. The molecule has 0 bridgehead atoms. The molecule has 0 unspecified atom stereocenters. The first-order valence-electron chi connectivity index (χ1n) is 5.43. The number of anilines is 1. The van der Waals surface area contributed by atoms with Gasteiger partial charge in [-0.2, -0.15) is 4.98 Å². The van der Waals surface area contributed by atoms with Crippen molar-refractivity contribution < 1.29 is 9.66 Å². The van der Waals surface area contributed by atoms with Gasteiger partial charge in [-0.1, -0.05) is 0 Å². The second-order valence-electron chi connectivity index (χ2n) is 3.38. The van der Waals surface area contributed by atoms with E-state index >= 15 is 0 Å². The number of terminal acetylenes is 1. The van der Waals surface area contributed by atoms with Crippen molar-refractivity contribution in [3.8, 4) is 18.2 Å². The van der Waals surface area contributed by atoms with Crippen molar-refractivity contribution in [2.24, 2.45) is 0 Å². The number of nitro groups is 1. The maximum absolute atomic E-state index is 10.9. The fourth-order valence-electron chi connectivity index (χ4n) is 1.30. The zero-order valence-electron chi connectivity index (χ0n) is 10.3. The van der Waals surface area contributed by atoms with Crippen LogP contribution in [0.1, 0.15) is 19.0 Å². The zero-order valence-corrected chi connectivity index (χ0v) is 10.3. The smallest absolute Gasteiger partial charge is 0.352 e. The lowest BCUT2D eigenvalue weighted by Crippen LogP contribution is -2.09. The Morgan fingerprint density at radius 3 is 2.83 bits per heavy atom. The fraction of sp³-hybridized carbons (Fsp3) is 0.455. The summed E-state index contributed by atoms with van der Waals surface area (Å²) >= 11 is 0. The van der Waals surface area contributed by atoms with Gasteiger partial charge in [0, 0.05) is 13.0 Å². The van der Waals surface area contributed by atoms with Crippen molar-refractivity contribution in [1.29, 1.82) is 0 Å². The highest BCUT2D eigenvalue weighted by Gasteiger charge is 2.23. The Balaban J connectivity index is 3.08. The van der Waals surface area contributed by atoms with Gasteiger partial charge in [-0.25, -0.2) is 4.98 Å². The third-order valence-corrected chi connectivity index (χ3v) is 2.03. The molecule has 0 aliphatic rings. The molecule has 1 N–H and O–H groups in total. The summed E-state index contributed by atoms with van der Waals surface area (Å²) in [7, 11) is 0. The lowest BCUT2D eigenvalue weighted by molar-refractivity contribution is -0.387. The predicted octanol–water partition coefficient (Wildman–Crippen LogP) is 1.53. The molecule has 0 saturated heterocycles. The molecule has 7 heteroatoms. The van der Waals surface area contributed by atoms with Gasteiger partial charge in [0.1, 0.15) is 12.3 Å². The average molecular weight is 250 g/mol. The SMILES string of the molecule is C#CCCOc1nc(NCC)nc(C)c1[N+](=O)[O-]. The lowest BCUT2D eigenvalue weighted by Gasteiger charge is -2.08. The summed E-state index contributed by atoms with van der Waals surface area (Å²) in [6.45, 7) is 4.20. The molecule has 0 spiro atoms. The van der Waals surface area contributed by atoms with Crippen LogP contribution in [0, 0.1) is 29.4 Å². The van der Waals surface area contributed by atoms with Crippen LogP contribution in [0.25, 0.3) is 0 Å². The second kappa shape index (κ2) is 6.39. The minimum atomic E-state index is -0.559. The molecule has 0 radical (unpaired) electrons. The number of nitrogens with one attached hydrogen (secondary N) is 1. The van der Waals surface area contributed by atoms with E-state index in [4.69, 9.17) is 11.2 Å². The minimum Gasteiger partial charge on any atom is -0.472 e. The standard InChI is InChI=1S/C11H14N4O3/c1-4-6-7-18-10-9(15(16)17)8(3)13-11(14-10)12-5-2/h1H,5-7H2,2-3H3,(H,12,13,14). The highest BCUT2D eigenvalue weighted by molar-refractivity contribution is 5.48. The Morgan fingerprint density at radius 1 is 1.56 bits per heavy atom. The van der Waals surface area contributed by atoms with E-state index in [0.29, 0.717) is 18.9 Å². The van der Waals surface area contributed by atoms with Gasteiger partial charge in [0.2, 0.25) is 5.95 Å². The summed E-state index contributed by atoms with van der Waals surface area (Å²) in [6, 6.07) is 0. The van der Waals surface area contributed by atoms with Crippen molar-refractivity contribution in [3.05, 3.63) is 15.8 Å². The summed E-state index contributed by atoms with van der Waals surface area (Å²) in [5, 5.41) is 13.8. The van der Waals surface area contributed by atoms with Crippen LogP contribution in [-0.2, 0) is 0 Å². The van der Waals surface area contributed by atoms with E-state index < -0.39 is 4.92 Å². The molecule has 0 aromatic carbocycles. The maximum Gasteiger partial charge on any atom is 0.352 e. The number of aryl methyl sites for hydroxylation is 1. The third-order valence-electron chi connectivity index (χ3n) is 2.03. The van der Waals surface area contributed by atoms with E-state index in [-0.39, 0.29) is 23.9 Å². The molecule has 18 heavy (non-hydrogen) atoms. The van der Waals surface area contributed by atoms with E-state index in [1.54, 1.807) is 0 Å². The van der Waals surface area contributed by atoms with Crippen molar-refractivity contribution in [2.75, 3.05) is 18.5 Å².